The maximum Gasteiger partial charge on any atom is 0.315 e. The first kappa shape index (κ1) is 9.85. The Kier molecular flexibility index (Phi) is 2.21. The van der Waals surface area contributed by atoms with E-state index in [2.05, 4.69) is 34.1 Å². The number of benzene rings is 2. The van der Waals surface area contributed by atoms with Gasteiger partial charge >= 0.3 is 5.97 Å². The third-order valence-corrected chi connectivity index (χ3v) is 3.50. The molecule has 0 radical (unpaired) electrons. The number of esters is 1. The minimum absolute atomic E-state index is 0.160. The van der Waals surface area contributed by atoms with E-state index < -0.39 is 0 Å². The van der Waals surface area contributed by atoms with Gasteiger partial charge in [0.1, 0.15) is 5.75 Å². The molecule has 2 aromatic rings. The summed E-state index contributed by atoms with van der Waals surface area (Å²) < 4.78 is 5.14. The van der Waals surface area contributed by atoms with Crippen LogP contribution in [0.25, 0.3) is 10.8 Å². The van der Waals surface area contributed by atoms with E-state index in [9.17, 15) is 4.79 Å². The summed E-state index contributed by atoms with van der Waals surface area (Å²) in [5, 5.41) is 3.10. The SMILES string of the molecule is O=C1Cc2c(ccc3ccc(CBr)cc23)O1. The second-order valence-electron chi connectivity index (χ2n) is 3.88. The second kappa shape index (κ2) is 3.59. The van der Waals surface area contributed by atoms with E-state index in [1.807, 2.05) is 12.1 Å². The highest BCUT2D eigenvalue weighted by Gasteiger charge is 2.22. The summed E-state index contributed by atoms with van der Waals surface area (Å²) in [5.41, 5.74) is 2.23. The summed E-state index contributed by atoms with van der Waals surface area (Å²) in [6, 6.07) is 10.1. The molecule has 0 bridgehead atoms. The fourth-order valence-corrected chi connectivity index (χ4v) is 2.42. The number of carbonyl (C=O) groups excluding carboxylic acids is 1. The number of rotatable bonds is 1. The van der Waals surface area contributed by atoms with Gasteiger partial charge in [-0.15, -0.1) is 0 Å². The van der Waals surface area contributed by atoms with Gasteiger partial charge < -0.3 is 4.74 Å². The smallest absolute Gasteiger partial charge is 0.315 e. The minimum Gasteiger partial charge on any atom is -0.426 e. The molecule has 0 atom stereocenters. The van der Waals surface area contributed by atoms with Gasteiger partial charge in [-0.2, -0.15) is 0 Å². The molecule has 2 nitrogen and oxygen atoms in total. The molecule has 0 saturated heterocycles. The highest BCUT2D eigenvalue weighted by molar-refractivity contribution is 9.08. The van der Waals surface area contributed by atoms with Crippen LogP contribution in [0.4, 0.5) is 0 Å². The average molecular weight is 277 g/mol. The molecule has 0 unspecified atom stereocenters. The molecule has 0 aliphatic carbocycles. The predicted molar refractivity (Wildman–Crippen MR) is 65.9 cm³/mol. The number of carbonyl (C=O) groups is 1. The summed E-state index contributed by atoms with van der Waals surface area (Å²) >= 11 is 3.44. The lowest BCUT2D eigenvalue weighted by Gasteiger charge is -2.04. The maximum atomic E-state index is 11.3. The number of halogens is 1. The van der Waals surface area contributed by atoms with E-state index in [0.29, 0.717) is 12.2 Å². The van der Waals surface area contributed by atoms with Gasteiger partial charge in [0, 0.05) is 10.9 Å². The topological polar surface area (TPSA) is 26.3 Å². The van der Waals surface area contributed by atoms with E-state index >= 15 is 0 Å². The Hall–Kier alpha value is -1.35. The molecule has 2 aromatic carbocycles. The Labute approximate surface area is 101 Å². The van der Waals surface area contributed by atoms with Gasteiger partial charge in [-0.25, -0.2) is 0 Å². The standard InChI is InChI=1S/C13H9BrO2/c14-7-8-1-2-9-3-4-12-11(10(9)5-8)6-13(15)16-12/h1-5H,6-7H2. The van der Waals surface area contributed by atoms with Gasteiger partial charge in [0.05, 0.1) is 6.42 Å². The van der Waals surface area contributed by atoms with Crippen LogP contribution in [-0.4, -0.2) is 5.97 Å². The summed E-state index contributed by atoms with van der Waals surface area (Å²) in [6.45, 7) is 0. The Morgan fingerprint density at radius 2 is 2.06 bits per heavy atom. The van der Waals surface area contributed by atoms with Crippen LogP contribution in [0.2, 0.25) is 0 Å². The molecule has 16 heavy (non-hydrogen) atoms. The molecule has 1 heterocycles. The zero-order valence-corrected chi connectivity index (χ0v) is 10.1. The fourth-order valence-electron chi connectivity index (χ4n) is 2.07. The quantitative estimate of drug-likeness (QED) is 0.454. The molecule has 1 aliphatic rings. The zero-order valence-electron chi connectivity index (χ0n) is 8.50. The molecule has 0 N–H and O–H groups in total. The van der Waals surface area contributed by atoms with E-state index in [-0.39, 0.29) is 5.97 Å². The second-order valence-corrected chi connectivity index (χ2v) is 4.44. The molecule has 0 spiro atoms. The van der Waals surface area contributed by atoms with E-state index in [0.717, 1.165) is 21.7 Å². The summed E-state index contributed by atoms with van der Waals surface area (Å²) in [7, 11) is 0. The Balaban J connectivity index is 2.30. The summed E-state index contributed by atoms with van der Waals surface area (Å²) in [5.74, 6) is 0.552. The van der Waals surface area contributed by atoms with E-state index in [1.54, 1.807) is 0 Å². The zero-order chi connectivity index (χ0) is 11.1. The van der Waals surface area contributed by atoms with Gasteiger partial charge in [-0.05, 0) is 28.5 Å². The van der Waals surface area contributed by atoms with Crippen molar-refractivity contribution < 1.29 is 9.53 Å². The number of hydrogen-bond donors (Lipinski definition) is 0. The molecule has 0 saturated carbocycles. The van der Waals surface area contributed by atoms with E-state index in [4.69, 9.17) is 4.74 Å². The average Bonchev–Trinajstić information content (AvgIpc) is 2.69. The number of ether oxygens (including phenoxy) is 1. The van der Waals surface area contributed by atoms with Crippen LogP contribution < -0.4 is 4.74 Å². The van der Waals surface area contributed by atoms with Crippen LogP contribution in [-0.2, 0) is 16.5 Å². The van der Waals surface area contributed by atoms with Crippen LogP contribution in [0.5, 0.6) is 5.75 Å². The molecular weight excluding hydrogens is 268 g/mol. The summed E-state index contributed by atoms with van der Waals surface area (Å²) in [4.78, 5) is 11.3. The van der Waals surface area contributed by atoms with Crippen molar-refractivity contribution in [3.63, 3.8) is 0 Å². The lowest BCUT2D eigenvalue weighted by molar-refractivity contribution is -0.131. The van der Waals surface area contributed by atoms with Crippen molar-refractivity contribution in [1.29, 1.82) is 0 Å². The lowest BCUT2D eigenvalue weighted by atomic mass is 10.0. The molecule has 80 valence electrons. The number of hydrogen-bond acceptors (Lipinski definition) is 2. The maximum absolute atomic E-state index is 11.3. The Morgan fingerprint density at radius 1 is 1.25 bits per heavy atom. The third kappa shape index (κ3) is 1.43. The molecular formula is C13H9BrO2. The van der Waals surface area contributed by atoms with Crippen molar-refractivity contribution >= 4 is 32.7 Å². The van der Waals surface area contributed by atoms with Crippen molar-refractivity contribution in [1.82, 2.24) is 0 Å². The first-order valence-electron chi connectivity index (χ1n) is 5.09. The van der Waals surface area contributed by atoms with Crippen LogP contribution in [0.15, 0.2) is 30.3 Å². The molecule has 1 aliphatic heterocycles. The van der Waals surface area contributed by atoms with Crippen molar-refractivity contribution in [2.45, 2.75) is 11.8 Å². The highest BCUT2D eigenvalue weighted by atomic mass is 79.9. The van der Waals surface area contributed by atoms with Gasteiger partial charge in [0.15, 0.2) is 0 Å². The van der Waals surface area contributed by atoms with Crippen molar-refractivity contribution in [2.24, 2.45) is 0 Å². The lowest BCUT2D eigenvalue weighted by Crippen LogP contribution is -2.00. The van der Waals surface area contributed by atoms with Gasteiger partial charge in [0.2, 0.25) is 0 Å². The van der Waals surface area contributed by atoms with Gasteiger partial charge in [-0.3, -0.25) is 4.79 Å². The Morgan fingerprint density at radius 3 is 2.88 bits per heavy atom. The van der Waals surface area contributed by atoms with Gasteiger partial charge in [-0.1, -0.05) is 34.1 Å². The molecule has 3 rings (SSSR count). The molecule has 0 aromatic heterocycles. The van der Waals surface area contributed by atoms with Crippen LogP contribution in [0.1, 0.15) is 11.1 Å². The van der Waals surface area contributed by atoms with Crippen molar-refractivity contribution in [2.75, 3.05) is 0 Å². The monoisotopic (exact) mass is 276 g/mol. The highest BCUT2D eigenvalue weighted by Crippen LogP contribution is 2.33. The Bertz CT molecular complexity index is 590. The third-order valence-electron chi connectivity index (χ3n) is 2.85. The molecule has 3 heteroatoms. The van der Waals surface area contributed by atoms with Crippen LogP contribution in [0.3, 0.4) is 0 Å². The van der Waals surface area contributed by atoms with Crippen LogP contribution in [0, 0.1) is 0 Å². The minimum atomic E-state index is -0.160. The normalized spacial score (nSPS) is 13.9. The fraction of sp³-hybridized carbons (Fsp3) is 0.154. The first-order valence-corrected chi connectivity index (χ1v) is 6.21. The summed E-state index contributed by atoms with van der Waals surface area (Å²) in [6.07, 6.45) is 0.387. The number of fused-ring (bicyclic) bond motifs is 3. The van der Waals surface area contributed by atoms with E-state index in [1.165, 1.54) is 5.56 Å². The molecule has 0 amide bonds. The largest absolute Gasteiger partial charge is 0.426 e. The number of alkyl halides is 1. The van der Waals surface area contributed by atoms with Crippen molar-refractivity contribution in [3.05, 3.63) is 41.5 Å². The first-order chi connectivity index (χ1) is 7.78. The predicted octanol–water partition coefficient (Wildman–Crippen LogP) is 3.20. The van der Waals surface area contributed by atoms with Crippen molar-refractivity contribution in [3.8, 4) is 5.75 Å². The van der Waals surface area contributed by atoms with Gasteiger partial charge in [0.25, 0.3) is 0 Å². The van der Waals surface area contributed by atoms with Crippen LogP contribution >= 0.6 is 15.9 Å². The molecule has 0 fully saturated rings.